The summed E-state index contributed by atoms with van der Waals surface area (Å²) in [5, 5.41) is 10.4. The fourth-order valence-corrected chi connectivity index (χ4v) is 4.70. The Morgan fingerprint density at radius 3 is 2.48 bits per heavy atom. The third-order valence-electron chi connectivity index (χ3n) is 5.39. The van der Waals surface area contributed by atoms with Gasteiger partial charge in [0.1, 0.15) is 5.75 Å². The highest BCUT2D eigenvalue weighted by Crippen LogP contribution is 2.36. The number of hydrogen-bond acceptors (Lipinski definition) is 2. The number of hydrogen-bond donors (Lipinski definition) is 1. The van der Waals surface area contributed by atoms with Gasteiger partial charge in [0.25, 0.3) is 0 Å². The van der Waals surface area contributed by atoms with Gasteiger partial charge in [-0.05, 0) is 49.3 Å². The average molecular weight is 356 g/mol. The molecule has 0 radical (unpaired) electrons. The zero-order valence-electron chi connectivity index (χ0n) is 13.4. The lowest BCUT2D eigenvalue weighted by molar-refractivity contribution is -0.134. The number of carbonyl (C=O) groups excluding carboxylic acids is 1. The van der Waals surface area contributed by atoms with Gasteiger partial charge in [-0.2, -0.15) is 0 Å². The maximum Gasteiger partial charge on any atom is 0.226 e. The molecule has 1 saturated carbocycles. The van der Waals surface area contributed by atoms with Gasteiger partial charge in [0, 0.05) is 28.5 Å². The van der Waals surface area contributed by atoms with Gasteiger partial charge in [0.2, 0.25) is 5.91 Å². The lowest BCUT2D eigenvalue weighted by Gasteiger charge is -2.36. The first-order valence-electron chi connectivity index (χ1n) is 8.44. The fraction of sp³-hybridized carbons (Fsp3) is 0.611. The molecular formula is C18H23Cl2NO2. The zero-order chi connectivity index (χ0) is 16.6. The van der Waals surface area contributed by atoms with Gasteiger partial charge in [-0.3, -0.25) is 4.79 Å². The second-order valence-electron chi connectivity index (χ2n) is 6.94. The van der Waals surface area contributed by atoms with E-state index in [0.717, 1.165) is 24.9 Å². The summed E-state index contributed by atoms with van der Waals surface area (Å²) < 4.78 is 0. The Bertz CT molecular complexity index is 582. The minimum absolute atomic E-state index is 0.0522. The van der Waals surface area contributed by atoms with Crippen molar-refractivity contribution in [1.29, 1.82) is 0 Å². The molecule has 1 aliphatic heterocycles. The first-order valence-corrected chi connectivity index (χ1v) is 9.20. The van der Waals surface area contributed by atoms with Crippen molar-refractivity contribution in [2.75, 3.05) is 6.54 Å². The van der Waals surface area contributed by atoms with Crippen molar-refractivity contribution in [3.8, 4) is 5.75 Å². The van der Waals surface area contributed by atoms with Crippen LogP contribution in [0.15, 0.2) is 12.1 Å². The lowest BCUT2D eigenvalue weighted by Crippen LogP contribution is -2.43. The molecule has 1 saturated heterocycles. The Kier molecular flexibility index (Phi) is 5.07. The number of phenolic OH excluding ortho intramolecular Hbond substituents is 1. The smallest absolute Gasteiger partial charge is 0.226 e. The molecule has 23 heavy (non-hydrogen) atoms. The summed E-state index contributed by atoms with van der Waals surface area (Å²) in [6.07, 6.45) is 6.25. The molecule has 1 aliphatic carbocycles. The Morgan fingerprint density at radius 2 is 1.83 bits per heavy atom. The Labute approximate surface area is 147 Å². The van der Waals surface area contributed by atoms with E-state index in [1.807, 2.05) is 0 Å². The van der Waals surface area contributed by atoms with E-state index in [2.05, 4.69) is 11.8 Å². The maximum absolute atomic E-state index is 12.8. The molecule has 2 aliphatic rings. The Hall–Kier alpha value is -0.930. The third-order valence-corrected chi connectivity index (χ3v) is 6.07. The van der Waals surface area contributed by atoms with Crippen LogP contribution >= 0.6 is 23.2 Å². The van der Waals surface area contributed by atoms with Crippen LogP contribution in [0.4, 0.5) is 0 Å². The highest BCUT2D eigenvalue weighted by atomic mass is 35.5. The van der Waals surface area contributed by atoms with Crippen molar-refractivity contribution in [1.82, 2.24) is 4.90 Å². The molecule has 0 bridgehead atoms. The fourth-order valence-electron chi connectivity index (χ4n) is 4.07. The van der Waals surface area contributed by atoms with Crippen LogP contribution in [-0.2, 0) is 11.2 Å². The first-order chi connectivity index (χ1) is 11.0. The van der Waals surface area contributed by atoms with Crippen LogP contribution in [0.2, 0.25) is 10.0 Å². The van der Waals surface area contributed by atoms with E-state index in [1.54, 1.807) is 0 Å². The van der Waals surface area contributed by atoms with Gasteiger partial charge in [0.05, 0.1) is 0 Å². The van der Waals surface area contributed by atoms with Crippen molar-refractivity contribution in [3.05, 3.63) is 27.7 Å². The van der Waals surface area contributed by atoms with Gasteiger partial charge in [0.15, 0.2) is 0 Å². The number of aromatic hydroxyl groups is 1. The van der Waals surface area contributed by atoms with Crippen LogP contribution in [0.25, 0.3) is 0 Å². The van der Waals surface area contributed by atoms with E-state index in [0.29, 0.717) is 28.4 Å². The monoisotopic (exact) mass is 355 g/mol. The van der Waals surface area contributed by atoms with Crippen LogP contribution in [0.1, 0.15) is 44.6 Å². The molecule has 1 aromatic carbocycles. The van der Waals surface area contributed by atoms with Crippen molar-refractivity contribution in [2.24, 2.45) is 11.8 Å². The number of carbonyl (C=O) groups is 1. The highest BCUT2D eigenvalue weighted by molar-refractivity contribution is 6.36. The molecule has 1 amide bonds. The minimum atomic E-state index is -0.0522. The largest absolute Gasteiger partial charge is 0.508 e. The van der Waals surface area contributed by atoms with E-state index >= 15 is 0 Å². The lowest BCUT2D eigenvalue weighted by atomic mass is 9.85. The second-order valence-corrected chi connectivity index (χ2v) is 7.75. The van der Waals surface area contributed by atoms with Gasteiger partial charge in [-0.15, -0.1) is 0 Å². The molecular weight excluding hydrogens is 333 g/mol. The van der Waals surface area contributed by atoms with Gasteiger partial charge < -0.3 is 10.0 Å². The van der Waals surface area contributed by atoms with Crippen molar-refractivity contribution >= 4 is 29.1 Å². The molecule has 1 aromatic rings. The standard InChI is InChI=1S/C18H23Cl2NO2/c1-11-4-2-3-5-17(11)21-7-6-12(18(21)23)8-14-15(19)9-13(22)10-16(14)20/h9-12,17,22H,2-8H2,1H3. The minimum Gasteiger partial charge on any atom is -0.508 e. The summed E-state index contributed by atoms with van der Waals surface area (Å²) >= 11 is 12.4. The maximum atomic E-state index is 12.8. The molecule has 3 rings (SSSR count). The van der Waals surface area contributed by atoms with Crippen LogP contribution < -0.4 is 0 Å². The van der Waals surface area contributed by atoms with Gasteiger partial charge in [-0.25, -0.2) is 0 Å². The molecule has 0 aromatic heterocycles. The van der Waals surface area contributed by atoms with Crippen LogP contribution in [0.5, 0.6) is 5.75 Å². The van der Waals surface area contributed by atoms with Gasteiger partial charge in [-0.1, -0.05) is 43.0 Å². The molecule has 3 nitrogen and oxygen atoms in total. The number of benzene rings is 1. The zero-order valence-corrected chi connectivity index (χ0v) is 14.9. The predicted molar refractivity (Wildman–Crippen MR) is 93.1 cm³/mol. The normalized spacial score (nSPS) is 28.4. The number of rotatable bonds is 3. The van der Waals surface area contributed by atoms with E-state index in [1.165, 1.54) is 31.4 Å². The van der Waals surface area contributed by atoms with Crippen molar-refractivity contribution in [3.63, 3.8) is 0 Å². The molecule has 0 spiro atoms. The van der Waals surface area contributed by atoms with Crippen LogP contribution in [0, 0.1) is 11.8 Å². The summed E-state index contributed by atoms with van der Waals surface area (Å²) in [6, 6.07) is 3.37. The molecule has 1 heterocycles. The number of likely N-dealkylation sites (tertiary alicyclic amines) is 1. The van der Waals surface area contributed by atoms with Crippen LogP contribution in [0.3, 0.4) is 0 Å². The van der Waals surface area contributed by atoms with E-state index < -0.39 is 0 Å². The summed E-state index contributed by atoms with van der Waals surface area (Å²) in [5.74, 6) is 0.832. The van der Waals surface area contributed by atoms with Crippen LogP contribution in [-0.4, -0.2) is 28.5 Å². The highest BCUT2D eigenvalue weighted by Gasteiger charge is 2.38. The average Bonchev–Trinajstić information content (AvgIpc) is 2.84. The molecule has 3 unspecified atom stereocenters. The Balaban J connectivity index is 1.72. The topological polar surface area (TPSA) is 40.5 Å². The van der Waals surface area contributed by atoms with E-state index in [-0.39, 0.29) is 17.6 Å². The molecule has 126 valence electrons. The second kappa shape index (κ2) is 6.90. The number of phenols is 1. The first kappa shape index (κ1) is 16.9. The summed E-state index contributed by atoms with van der Waals surface area (Å²) in [7, 11) is 0. The van der Waals surface area contributed by atoms with Gasteiger partial charge >= 0.3 is 0 Å². The summed E-state index contributed by atoms with van der Waals surface area (Å²) in [5.41, 5.74) is 0.767. The number of amides is 1. The third kappa shape index (κ3) is 3.46. The number of halogens is 2. The number of nitrogens with zero attached hydrogens (tertiary/aromatic N) is 1. The predicted octanol–water partition coefficient (Wildman–Crippen LogP) is 4.67. The quantitative estimate of drug-likeness (QED) is 0.855. The molecule has 2 fully saturated rings. The molecule has 5 heteroatoms. The Morgan fingerprint density at radius 1 is 1.17 bits per heavy atom. The summed E-state index contributed by atoms with van der Waals surface area (Å²) in [6.45, 7) is 3.10. The van der Waals surface area contributed by atoms with Crippen molar-refractivity contribution in [2.45, 2.75) is 51.5 Å². The summed E-state index contributed by atoms with van der Waals surface area (Å²) in [4.78, 5) is 14.9. The SMILES string of the molecule is CC1CCCCC1N1CCC(Cc2c(Cl)cc(O)cc2Cl)C1=O. The van der Waals surface area contributed by atoms with E-state index in [9.17, 15) is 9.90 Å². The molecule has 3 atom stereocenters. The van der Waals surface area contributed by atoms with Crippen molar-refractivity contribution < 1.29 is 9.90 Å². The van der Waals surface area contributed by atoms with E-state index in [4.69, 9.17) is 23.2 Å². The molecule has 1 N–H and O–H groups in total.